The Balaban J connectivity index is 1.91. The second-order valence-electron chi connectivity index (χ2n) is 4.74. The second kappa shape index (κ2) is 5.31. The summed E-state index contributed by atoms with van der Waals surface area (Å²) in [5.74, 6) is 0.709. The molecule has 5 nitrogen and oxygen atoms in total. The van der Waals surface area contributed by atoms with E-state index in [-0.39, 0.29) is 17.9 Å². The van der Waals surface area contributed by atoms with Crippen molar-refractivity contribution in [1.29, 1.82) is 0 Å². The Bertz CT molecular complexity index is 388. The molecule has 1 amide bonds. The van der Waals surface area contributed by atoms with Gasteiger partial charge in [0.1, 0.15) is 0 Å². The van der Waals surface area contributed by atoms with Gasteiger partial charge in [0.25, 0.3) is 0 Å². The Hall–Kier alpha value is -1.36. The number of aromatic nitrogens is 2. The molecule has 4 N–H and O–H groups in total. The van der Waals surface area contributed by atoms with Gasteiger partial charge in [-0.25, -0.2) is 0 Å². The first-order valence-electron chi connectivity index (χ1n) is 6.29. The Morgan fingerprint density at radius 2 is 2.47 bits per heavy atom. The number of nitrogens with zero attached hydrogens (tertiary/aromatic N) is 1. The van der Waals surface area contributed by atoms with Crippen LogP contribution in [0.4, 0.5) is 5.82 Å². The number of carbonyl (C=O) groups is 1. The first kappa shape index (κ1) is 12.1. The molecule has 5 heteroatoms. The van der Waals surface area contributed by atoms with Crippen molar-refractivity contribution in [2.75, 3.05) is 5.32 Å². The fraction of sp³-hybridized carbons (Fsp3) is 0.667. The molecule has 1 fully saturated rings. The Morgan fingerprint density at radius 1 is 1.65 bits per heavy atom. The quantitative estimate of drug-likeness (QED) is 0.742. The van der Waals surface area contributed by atoms with Gasteiger partial charge in [-0.15, -0.1) is 0 Å². The van der Waals surface area contributed by atoms with E-state index in [1.807, 2.05) is 13.0 Å². The average Bonchev–Trinajstić information content (AvgIpc) is 2.77. The topological polar surface area (TPSA) is 83.8 Å². The van der Waals surface area contributed by atoms with Crippen LogP contribution in [-0.4, -0.2) is 22.1 Å². The number of anilines is 1. The van der Waals surface area contributed by atoms with Gasteiger partial charge in [0.15, 0.2) is 5.82 Å². The number of H-pyrrole nitrogens is 1. The molecule has 1 aliphatic rings. The predicted octanol–water partition coefficient (Wildman–Crippen LogP) is 1.43. The van der Waals surface area contributed by atoms with Crippen molar-refractivity contribution < 1.29 is 4.79 Å². The van der Waals surface area contributed by atoms with Crippen LogP contribution in [0.25, 0.3) is 0 Å². The zero-order chi connectivity index (χ0) is 12.3. The monoisotopic (exact) mass is 236 g/mol. The minimum absolute atomic E-state index is 0.0422. The molecule has 0 aliphatic heterocycles. The van der Waals surface area contributed by atoms with Crippen LogP contribution < -0.4 is 11.1 Å². The minimum atomic E-state index is 0.0422. The molecule has 1 aliphatic carbocycles. The lowest BCUT2D eigenvalue weighted by Crippen LogP contribution is -2.34. The van der Waals surface area contributed by atoms with E-state index in [4.69, 9.17) is 5.73 Å². The molecule has 0 aromatic carbocycles. The highest BCUT2D eigenvalue weighted by Gasteiger charge is 2.25. The van der Waals surface area contributed by atoms with Crippen molar-refractivity contribution in [2.45, 2.75) is 45.1 Å². The van der Waals surface area contributed by atoms with Crippen LogP contribution in [0, 0.1) is 5.92 Å². The van der Waals surface area contributed by atoms with Crippen molar-refractivity contribution in [3.8, 4) is 0 Å². The molecule has 2 rings (SSSR count). The van der Waals surface area contributed by atoms with Gasteiger partial charge in [-0.2, -0.15) is 5.10 Å². The van der Waals surface area contributed by atoms with Crippen LogP contribution >= 0.6 is 0 Å². The van der Waals surface area contributed by atoms with E-state index in [0.717, 1.165) is 37.8 Å². The summed E-state index contributed by atoms with van der Waals surface area (Å²) in [6.07, 6.45) is 4.69. The first-order valence-corrected chi connectivity index (χ1v) is 6.29. The Labute approximate surface area is 101 Å². The largest absolute Gasteiger partial charge is 0.328 e. The summed E-state index contributed by atoms with van der Waals surface area (Å²) < 4.78 is 0. The number of aryl methyl sites for hydroxylation is 1. The van der Waals surface area contributed by atoms with Crippen LogP contribution in [0.3, 0.4) is 0 Å². The van der Waals surface area contributed by atoms with Crippen LogP contribution in [0.15, 0.2) is 6.07 Å². The highest BCUT2D eigenvalue weighted by atomic mass is 16.1. The molecule has 17 heavy (non-hydrogen) atoms. The summed E-state index contributed by atoms with van der Waals surface area (Å²) in [6.45, 7) is 2.04. The van der Waals surface area contributed by atoms with E-state index < -0.39 is 0 Å². The van der Waals surface area contributed by atoms with Crippen LogP contribution in [0.2, 0.25) is 0 Å². The molecule has 0 saturated heterocycles. The van der Waals surface area contributed by atoms with E-state index in [0.29, 0.717) is 5.82 Å². The second-order valence-corrected chi connectivity index (χ2v) is 4.74. The van der Waals surface area contributed by atoms with Crippen LogP contribution in [0.1, 0.15) is 38.3 Å². The zero-order valence-corrected chi connectivity index (χ0v) is 10.2. The lowest BCUT2D eigenvalue weighted by atomic mass is 9.85. The van der Waals surface area contributed by atoms with Gasteiger partial charge in [0.2, 0.25) is 5.91 Å². The third kappa shape index (κ3) is 3.06. The number of aromatic amines is 1. The predicted molar refractivity (Wildman–Crippen MR) is 66.5 cm³/mol. The number of rotatable bonds is 3. The van der Waals surface area contributed by atoms with Crippen LogP contribution in [0.5, 0.6) is 0 Å². The number of amides is 1. The lowest BCUT2D eigenvalue weighted by molar-refractivity contribution is -0.120. The van der Waals surface area contributed by atoms with Gasteiger partial charge in [-0.1, -0.05) is 13.3 Å². The van der Waals surface area contributed by atoms with E-state index in [9.17, 15) is 4.79 Å². The third-order valence-electron chi connectivity index (χ3n) is 3.35. The normalized spacial score (nSPS) is 24.6. The van der Waals surface area contributed by atoms with Gasteiger partial charge < -0.3 is 11.1 Å². The molecular formula is C12H20N4O. The summed E-state index contributed by atoms with van der Waals surface area (Å²) in [4.78, 5) is 12.0. The molecule has 2 unspecified atom stereocenters. The Morgan fingerprint density at radius 3 is 3.12 bits per heavy atom. The summed E-state index contributed by atoms with van der Waals surface area (Å²) in [5.41, 5.74) is 6.91. The smallest absolute Gasteiger partial charge is 0.228 e. The maximum absolute atomic E-state index is 12.0. The maximum atomic E-state index is 12.0. The summed E-state index contributed by atoms with van der Waals surface area (Å²) in [5, 5.41) is 9.79. The lowest BCUT2D eigenvalue weighted by Gasteiger charge is -2.25. The summed E-state index contributed by atoms with van der Waals surface area (Å²) in [6, 6.07) is 2.05. The molecule has 1 saturated carbocycles. The third-order valence-corrected chi connectivity index (χ3v) is 3.35. The summed E-state index contributed by atoms with van der Waals surface area (Å²) >= 11 is 0. The van der Waals surface area contributed by atoms with Gasteiger partial charge in [-0.3, -0.25) is 9.89 Å². The number of nitrogens with one attached hydrogen (secondary N) is 2. The van der Waals surface area contributed by atoms with Gasteiger partial charge >= 0.3 is 0 Å². The van der Waals surface area contributed by atoms with Crippen molar-refractivity contribution in [2.24, 2.45) is 11.7 Å². The van der Waals surface area contributed by atoms with E-state index in [1.54, 1.807) is 0 Å². The standard InChI is InChI=1S/C12H20N4O/c1-2-10-7-11(16-15-10)14-12(17)8-4-3-5-9(13)6-8/h7-9H,2-6,13H2,1H3,(H2,14,15,16,17). The van der Waals surface area contributed by atoms with Crippen molar-refractivity contribution in [1.82, 2.24) is 10.2 Å². The van der Waals surface area contributed by atoms with Gasteiger partial charge in [-0.05, 0) is 25.7 Å². The van der Waals surface area contributed by atoms with Crippen molar-refractivity contribution >= 4 is 11.7 Å². The van der Waals surface area contributed by atoms with Crippen molar-refractivity contribution in [3.05, 3.63) is 11.8 Å². The van der Waals surface area contributed by atoms with E-state index in [1.165, 1.54) is 0 Å². The molecule has 0 bridgehead atoms. The Kier molecular flexibility index (Phi) is 3.78. The molecule has 2 atom stereocenters. The zero-order valence-electron chi connectivity index (χ0n) is 10.2. The van der Waals surface area contributed by atoms with Crippen molar-refractivity contribution in [3.63, 3.8) is 0 Å². The molecule has 94 valence electrons. The number of hydrogen-bond donors (Lipinski definition) is 3. The molecule has 1 aromatic rings. The molecule has 0 spiro atoms. The molecular weight excluding hydrogens is 216 g/mol. The van der Waals surface area contributed by atoms with Crippen LogP contribution in [-0.2, 0) is 11.2 Å². The van der Waals surface area contributed by atoms with E-state index in [2.05, 4.69) is 15.5 Å². The van der Waals surface area contributed by atoms with E-state index >= 15 is 0 Å². The first-order chi connectivity index (χ1) is 8.19. The molecule has 1 aromatic heterocycles. The van der Waals surface area contributed by atoms with Gasteiger partial charge in [0.05, 0.1) is 0 Å². The summed E-state index contributed by atoms with van der Waals surface area (Å²) in [7, 11) is 0. The number of carbonyl (C=O) groups excluding carboxylic acids is 1. The maximum Gasteiger partial charge on any atom is 0.228 e. The number of hydrogen-bond acceptors (Lipinski definition) is 3. The number of nitrogens with two attached hydrogens (primary N) is 1. The SMILES string of the molecule is CCc1cc(NC(=O)C2CCCC(N)C2)n[nH]1. The minimum Gasteiger partial charge on any atom is -0.328 e. The molecule has 1 heterocycles. The van der Waals surface area contributed by atoms with Gasteiger partial charge in [0, 0.05) is 23.7 Å². The molecule has 0 radical (unpaired) electrons. The highest BCUT2D eigenvalue weighted by Crippen LogP contribution is 2.24. The fourth-order valence-electron chi connectivity index (χ4n) is 2.30. The average molecular weight is 236 g/mol. The fourth-order valence-corrected chi connectivity index (χ4v) is 2.30. The highest BCUT2D eigenvalue weighted by molar-refractivity contribution is 5.91.